The number of hydrogen-bond acceptors (Lipinski definition) is 5. The normalized spacial score (nSPS) is 18.1. The summed E-state index contributed by atoms with van der Waals surface area (Å²) in [5, 5.41) is 10.0. The molecule has 0 radical (unpaired) electrons. The van der Waals surface area contributed by atoms with Crippen LogP contribution in [0.1, 0.15) is 12.8 Å². The Kier molecular flexibility index (Phi) is 4.45. The zero-order valence-electron chi connectivity index (χ0n) is 11.2. The molecule has 0 atom stereocenters. The minimum atomic E-state index is -3.64. The minimum absolute atomic E-state index is 0.0366. The number of halogens is 1. The predicted octanol–water partition coefficient (Wildman–Crippen LogP) is -0.276. The molecule has 0 spiro atoms. The Labute approximate surface area is 125 Å². The van der Waals surface area contributed by atoms with E-state index in [-0.39, 0.29) is 21.5 Å². The highest BCUT2D eigenvalue weighted by atomic mass is 79.9. The highest BCUT2D eigenvalue weighted by Crippen LogP contribution is 2.26. The van der Waals surface area contributed by atoms with Crippen molar-refractivity contribution in [2.45, 2.75) is 17.9 Å². The summed E-state index contributed by atoms with van der Waals surface area (Å²) < 4.78 is 27.9. The number of nitrogens with zero attached hydrogens (tertiary/aromatic N) is 4. The first-order valence-electron chi connectivity index (χ1n) is 6.15. The first-order valence-corrected chi connectivity index (χ1v) is 8.38. The van der Waals surface area contributed by atoms with Crippen molar-refractivity contribution >= 4 is 31.9 Å². The van der Waals surface area contributed by atoms with Crippen molar-refractivity contribution in [2.75, 3.05) is 20.1 Å². The standard InChI is InChI=1S/C10H16BrN5O3S/c1-12-9(17)7-3-5-16(6-4-7)20(18,19)10-8(11)13-14-15(10)2/h7H,3-6H2,1-2H3,(H,12,17). The van der Waals surface area contributed by atoms with Crippen LogP contribution in [0.5, 0.6) is 0 Å². The second-order valence-electron chi connectivity index (χ2n) is 4.60. The Bertz CT molecular complexity index is 587. The Morgan fingerprint density at radius 2 is 2.00 bits per heavy atom. The van der Waals surface area contributed by atoms with Crippen molar-refractivity contribution in [3.05, 3.63) is 4.60 Å². The van der Waals surface area contributed by atoms with Gasteiger partial charge in [0, 0.05) is 33.1 Å². The second kappa shape index (κ2) is 5.78. The Hall–Kier alpha value is -1.00. The molecule has 0 unspecified atom stereocenters. The first-order chi connectivity index (χ1) is 9.37. The lowest BCUT2D eigenvalue weighted by Crippen LogP contribution is -2.42. The van der Waals surface area contributed by atoms with Crippen molar-refractivity contribution in [2.24, 2.45) is 13.0 Å². The Morgan fingerprint density at radius 1 is 1.40 bits per heavy atom. The van der Waals surface area contributed by atoms with Crippen LogP contribution in [0.2, 0.25) is 0 Å². The molecule has 10 heteroatoms. The van der Waals surface area contributed by atoms with E-state index in [0.717, 1.165) is 0 Å². The first kappa shape index (κ1) is 15.4. The number of carbonyl (C=O) groups excluding carboxylic acids is 1. The molecule has 1 fully saturated rings. The van der Waals surface area contributed by atoms with Crippen LogP contribution in [0.25, 0.3) is 0 Å². The number of aromatic nitrogens is 3. The van der Waals surface area contributed by atoms with E-state index in [1.165, 1.54) is 16.0 Å². The maximum absolute atomic E-state index is 12.5. The van der Waals surface area contributed by atoms with Gasteiger partial charge in [0.15, 0.2) is 4.60 Å². The number of aryl methyl sites for hydroxylation is 1. The van der Waals surface area contributed by atoms with Gasteiger partial charge in [-0.25, -0.2) is 13.1 Å². The zero-order valence-corrected chi connectivity index (χ0v) is 13.6. The second-order valence-corrected chi connectivity index (χ2v) is 7.21. The van der Waals surface area contributed by atoms with Crippen LogP contribution < -0.4 is 5.32 Å². The van der Waals surface area contributed by atoms with Crippen LogP contribution in [-0.2, 0) is 21.9 Å². The van der Waals surface area contributed by atoms with E-state index < -0.39 is 10.0 Å². The van der Waals surface area contributed by atoms with Gasteiger partial charge in [-0.05, 0) is 28.8 Å². The minimum Gasteiger partial charge on any atom is -0.359 e. The fraction of sp³-hybridized carbons (Fsp3) is 0.700. The smallest absolute Gasteiger partial charge is 0.263 e. The third-order valence-electron chi connectivity index (χ3n) is 3.39. The van der Waals surface area contributed by atoms with Gasteiger partial charge in [-0.3, -0.25) is 4.79 Å². The summed E-state index contributed by atoms with van der Waals surface area (Å²) in [4.78, 5) is 11.5. The molecule has 1 N–H and O–H groups in total. The molecule has 20 heavy (non-hydrogen) atoms. The summed E-state index contributed by atoms with van der Waals surface area (Å²) in [5.41, 5.74) is 0. The largest absolute Gasteiger partial charge is 0.359 e. The number of piperidine rings is 1. The van der Waals surface area contributed by atoms with E-state index in [4.69, 9.17) is 0 Å². The molecular formula is C10H16BrN5O3S. The Balaban J connectivity index is 2.16. The quantitative estimate of drug-likeness (QED) is 0.794. The van der Waals surface area contributed by atoms with Crippen molar-refractivity contribution in [1.82, 2.24) is 24.6 Å². The van der Waals surface area contributed by atoms with Crippen molar-refractivity contribution in [1.29, 1.82) is 0 Å². The lowest BCUT2D eigenvalue weighted by Gasteiger charge is -2.30. The molecule has 1 amide bonds. The van der Waals surface area contributed by atoms with Gasteiger partial charge in [-0.15, -0.1) is 5.10 Å². The molecule has 1 aromatic heterocycles. The van der Waals surface area contributed by atoms with Crippen LogP contribution in [0.3, 0.4) is 0 Å². The summed E-state index contributed by atoms with van der Waals surface area (Å²) in [7, 11) is -0.526. The van der Waals surface area contributed by atoms with Crippen molar-refractivity contribution < 1.29 is 13.2 Å². The third-order valence-corrected chi connectivity index (χ3v) is 6.18. The zero-order chi connectivity index (χ0) is 14.9. The third kappa shape index (κ3) is 2.72. The van der Waals surface area contributed by atoms with Crippen molar-refractivity contribution in [3.63, 3.8) is 0 Å². The maximum Gasteiger partial charge on any atom is 0.263 e. The van der Waals surface area contributed by atoms with Crippen LogP contribution in [0.15, 0.2) is 9.63 Å². The van der Waals surface area contributed by atoms with Gasteiger partial charge in [0.25, 0.3) is 10.0 Å². The summed E-state index contributed by atoms with van der Waals surface area (Å²) in [6, 6.07) is 0. The summed E-state index contributed by atoms with van der Waals surface area (Å²) in [5.74, 6) is -0.162. The number of sulfonamides is 1. The van der Waals surface area contributed by atoms with E-state index >= 15 is 0 Å². The monoisotopic (exact) mass is 365 g/mol. The molecule has 0 aromatic carbocycles. The van der Waals surface area contributed by atoms with Gasteiger partial charge in [-0.2, -0.15) is 4.31 Å². The van der Waals surface area contributed by atoms with Crippen LogP contribution in [0, 0.1) is 5.92 Å². The SMILES string of the molecule is CNC(=O)C1CCN(S(=O)(=O)c2c(Br)nnn2C)CC1. The molecule has 1 saturated heterocycles. The molecular weight excluding hydrogens is 350 g/mol. The highest BCUT2D eigenvalue weighted by molar-refractivity contribution is 9.10. The van der Waals surface area contributed by atoms with Crippen LogP contribution in [-0.4, -0.2) is 53.8 Å². The van der Waals surface area contributed by atoms with Crippen LogP contribution in [0.4, 0.5) is 0 Å². The fourth-order valence-corrected chi connectivity index (χ4v) is 4.78. The van der Waals surface area contributed by atoms with Gasteiger partial charge < -0.3 is 5.32 Å². The molecule has 2 heterocycles. The molecule has 0 aliphatic carbocycles. The van der Waals surface area contributed by atoms with Gasteiger partial charge >= 0.3 is 0 Å². The fourth-order valence-electron chi connectivity index (χ4n) is 2.28. The van der Waals surface area contributed by atoms with E-state index in [9.17, 15) is 13.2 Å². The van der Waals surface area contributed by atoms with Crippen LogP contribution >= 0.6 is 15.9 Å². The lowest BCUT2D eigenvalue weighted by atomic mass is 9.97. The summed E-state index contributed by atoms with van der Waals surface area (Å²) in [6.45, 7) is 0.635. The van der Waals surface area contributed by atoms with E-state index in [2.05, 4.69) is 31.6 Å². The average Bonchev–Trinajstić information content (AvgIpc) is 2.78. The number of nitrogens with one attached hydrogen (secondary N) is 1. The number of carbonyl (C=O) groups is 1. The van der Waals surface area contributed by atoms with Gasteiger partial charge in [0.05, 0.1) is 0 Å². The maximum atomic E-state index is 12.5. The number of hydrogen-bond donors (Lipinski definition) is 1. The molecule has 0 bridgehead atoms. The molecule has 112 valence electrons. The topological polar surface area (TPSA) is 97.2 Å². The highest BCUT2D eigenvalue weighted by Gasteiger charge is 2.35. The molecule has 1 aliphatic heterocycles. The lowest BCUT2D eigenvalue weighted by molar-refractivity contribution is -0.125. The molecule has 1 aliphatic rings. The van der Waals surface area contributed by atoms with E-state index in [1.807, 2.05) is 0 Å². The number of amides is 1. The van der Waals surface area contributed by atoms with Gasteiger partial charge in [-0.1, -0.05) is 5.21 Å². The molecule has 2 rings (SSSR count). The van der Waals surface area contributed by atoms with E-state index in [1.54, 1.807) is 7.05 Å². The average molecular weight is 366 g/mol. The predicted molar refractivity (Wildman–Crippen MR) is 74.3 cm³/mol. The summed E-state index contributed by atoms with van der Waals surface area (Å²) in [6.07, 6.45) is 1.03. The summed E-state index contributed by atoms with van der Waals surface area (Å²) >= 11 is 3.10. The van der Waals surface area contributed by atoms with Gasteiger partial charge in [0.1, 0.15) is 0 Å². The number of rotatable bonds is 3. The van der Waals surface area contributed by atoms with E-state index in [0.29, 0.717) is 25.9 Å². The molecule has 8 nitrogen and oxygen atoms in total. The molecule has 1 aromatic rings. The van der Waals surface area contributed by atoms with Crippen molar-refractivity contribution in [3.8, 4) is 0 Å². The Morgan fingerprint density at radius 3 is 2.45 bits per heavy atom. The van der Waals surface area contributed by atoms with Gasteiger partial charge in [0.2, 0.25) is 10.9 Å². The molecule has 0 saturated carbocycles.